The SMILES string of the molecule is CCN(C1CCN(CC2C=CC=CC2)C1)C(O)Nc1ccccc1C(C)C. The lowest BCUT2D eigenvalue weighted by Gasteiger charge is -2.34. The van der Waals surface area contributed by atoms with Crippen molar-refractivity contribution >= 4 is 5.69 Å². The van der Waals surface area contributed by atoms with Crippen LogP contribution in [0.2, 0.25) is 0 Å². The number of aliphatic hydroxyl groups excluding tert-OH is 1. The van der Waals surface area contributed by atoms with Gasteiger partial charge in [0.2, 0.25) is 0 Å². The highest BCUT2D eigenvalue weighted by atomic mass is 16.3. The third-order valence-corrected chi connectivity index (χ3v) is 5.83. The Hall–Kier alpha value is -1.62. The van der Waals surface area contributed by atoms with E-state index in [-0.39, 0.29) is 0 Å². The maximum absolute atomic E-state index is 10.9. The van der Waals surface area contributed by atoms with Crippen molar-refractivity contribution in [3.05, 3.63) is 54.1 Å². The van der Waals surface area contributed by atoms with E-state index in [2.05, 4.69) is 78.4 Å². The van der Waals surface area contributed by atoms with Crippen LogP contribution in [0, 0.1) is 5.92 Å². The summed E-state index contributed by atoms with van der Waals surface area (Å²) >= 11 is 0. The molecule has 0 radical (unpaired) electrons. The van der Waals surface area contributed by atoms with Gasteiger partial charge in [-0.05, 0) is 49.4 Å². The van der Waals surface area contributed by atoms with Crippen LogP contribution < -0.4 is 5.32 Å². The van der Waals surface area contributed by atoms with Crippen molar-refractivity contribution in [2.45, 2.75) is 51.9 Å². The number of para-hydroxylation sites is 1. The zero-order valence-electron chi connectivity index (χ0n) is 17.0. The smallest absolute Gasteiger partial charge is 0.184 e. The maximum atomic E-state index is 10.9. The van der Waals surface area contributed by atoms with Crippen molar-refractivity contribution in [3.63, 3.8) is 0 Å². The number of allylic oxidation sites excluding steroid dienone is 3. The molecule has 2 aliphatic rings. The molecule has 1 saturated heterocycles. The normalized spacial score (nSPS) is 24.1. The molecule has 1 aromatic carbocycles. The van der Waals surface area contributed by atoms with Crippen LogP contribution in [0.5, 0.6) is 0 Å². The van der Waals surface area contributed by atoms with Gasteiger partial charge in [0.1, 0.15) is 0 Å². The molecule has 0 amide bonds. The van der Waals surface area contributed by atoms with Gasteiger partial charge in [-0.2, -0.15) is 0 Å². The summed E-state index contributed by atoms with van der Waals surface area (Å²) < 4.78 is 0. The van der Waals surface area contributed by atoms with Crippen molar-refractivity contribution in [1.29, 1.82) is 0 Å². The Bertz CT molecular complexity index is 655. The minimum atomic E-state index is -0.655. The van der Waals surface area contributed by atoms with Crippen LogP contribution in [0.25, 0.3) is 0 Å². The van der Waals surface area contributed by atoms with Gasteiger partial charge in [0.05, 0.1) is 0 Å². The summed E-state index contributed by atoms with van der Waals surface area (Å²) in [4.78, 5) is 4.75. The van der Waals surface area contributed by atoms with Crippen molar-refractivity contribution < 1.29 is 5.11 Å². The van der Waals surface area contributed by atoms with Gasteiger partial charge >= 0.3 is 0 Å². The van der Waals surface area contributed by atoms with Crippen molar-refractivity contribution in [3.8, 4) is 0 Å². The lowest BCUT2D eigenvalue weighted by atomic mass is 10.0. The molecule has 4 nitrogen and oxygen atoms in total. The van der Waals surface area contributed by atoms with Gasteiger partial charge in [0.25, 0.3) is 0 Å². The van der Waals surface area contributed by atoms with Gasteiger partial charge in [-0.3, -0.25) is 4.90 Å². The van der Waals surface area contributed by atoms with Gasteiger partial charge in [0, 0.05) is 24.8 Å². The predicted octanol–water partition coefficient (Wildman–Crippen LogP) is 4.03. The Morgan fingerprint density at radius 2 is 2.07 bits per heavy atom. The molecule has 0 saturated carbocycles. The van der Waals surface area contributed by atoms with Crippen LogP contribution in [-0.2, 0) is 0 Å². The highest BCUT2D eigenvalue weighted by Gasteiger charge is 2.31. The van der Waals surface area contributed by atoms with Gasteiger partial charge < -0.3 is 15.3 Å². The molecule has 0 spiro atoms. The third-order valence-electron chi connectivity index (χ3n) is 5.83. The molecule has 1 aromatic rings. The first-order valence-electron chi connectivity index (χ1n) is 10.4. The topological polar surface area (TPSA) is 38.7 Å². The molecule has 27 heavy (non-hydrogen) atoms. The van der Waals surface area contributed by atoms with E-state index < -0.39 is 6.35 Å². The fraction of sp³-hybridized carbons (Fsp3) is 0.565. The van der Waals surface area contributed by atoms with E-state index in [9.17, 15) is 5.11 Å². The van der Waals surface area contributed by atoms with Crippen LogP contribution in [0.1, 0.15) is 45.1 Å². The monoisotopic (exact) mass is 369 g/mol. The number of aliphatic hydroxyl groups is 1. The average Bonchev–Trinajstić information content (AvgIpc) is 3.11. The van der Waals surface area contributed by atoms with Crippen LogP contribution in [0.4, 0.5) is 5.69 Å². The second-order valence-electron chi connectivity index (χ2n) is 8.10. The Morgan fingerprint density at radius 1 is 1.26 bits per heavy atom. The quantitative estimate of drug-likeness (QED) is 0.679. The zero-order chi connectivity index (χ0) is 19.2. The number of anilines is 1. The molecule has 3 unspecified atom stereocenters. The molecule has 1 fully saturated rings. The molecule has 1 aliphatic carbocycles. The molecule has 1 aliphatic heterocycles. The second-order valence-corrected chi connectivity index (χ2v) is 8.10. The first kappa shape index (κ1) is 20.1. The lowest BCUT2D eigenvalue weighted by Crippen LogP contribution is -2.48. The highest BCUT2D eigenvalue weighted by Crippen LogP contribution is 2.26. The van der Waals surface area contributed by atoms with E-state index in [1.54, 1.807) is 0 Å². The minimum Gasteiger partial charge on any atom is -0.361 e. The molecule has 4 heteroatoms. The summed E-state index contributed by atoms with van der Waals surface area (Å²) in [6.07, 6.45) is 10.5. The predicted molar refractivity (Wildman–Crippen MR) is 114 cm³/mol. The van der Waals surface area contributed by atoms with Gasteiger partial charge in [0.15, 0.2) is 6.35 Å². The number of hydrogen-bond donors (Lipinski definition) is 2. The van der Waals surface area contributed by atoms with Gasteiger partial charge in [-0.25, -0.2) is 0 Å². The molecule has 1 heterocycles. The lowest BCUT2D eigenvalue weighted by molar-refractivity contribution is 0.00117. The van der Waals surface area contributed by atoms with E-state index in [0.29, 0.717) is 17.9 Å². The van der Waals surface area contributed by atoms with Gasteiger partial charge in [-0.15, -0.1) is 0 Å². The van der Waals surface area contributed by atoms with E-state index in [4.69, 9.17) is 0 Å². The summed E-state index contributed by atoms with van der Waals surface area (Å²) in [7, 11) is 0. The number of rotatable bonds is 8. The molecule has 2 N–H and O–H groups in total. The first-order valence-corrected chi connectivity index (χ1v) is 10.4. The average molecular weight is 370 g/mol. The Balaban J connectivity index is 1.58. The third kappa shape index (κ3) is 5.22. The number of likely N-dealkylation sites (N-methyl/N-ethyl adjacent to an activating group) is 1. The van der Waals surface area contributed by atoms with Crippen molar-refractivity contribution in [2.75, 3.05) is 31.5 Å². The molecular formula is C23H35N3O. The highest BCUT2D eigenvalue weighted by molar-refractivity contribution is 5.52. The summed E-state index contributed by atoms with van der Waals surface area (Å²) in [5.41, 5.74) is 2.28. The van der Waals surface area contributed by atoms with Crippen LogP contribution in [0.15, 0.2) is 48.6 Å². The number of nitrogens with one attached hydrogen (secondary N) is 1. The molecular weight excluding hydrogens is 334 g/mol. The number of nitrogens with zero attached hydrogens (tertiary/aromatic N) is 2. The summed E-state index contributed by atoms with van der Waals surface area (Å²) in [6.45, 7) is 10.6. The molecule has 3 rings (SSSR count). The zero-order valence-corrected chi connectivity index (χ0v) is 17.0. The van der Waals surface area contributed by atoms with Crippen molar-refractivity contribution in [2.24, 2.45) is 5.92 Å². The number of benzene rings is 1. The fourth-order valence-corrected chi connectivity index (χ4v) is 4.33. The molecule has 3 atom stereocenters. The van der Waals surface area contributed by atoms with E-state index in [1.807, 2.05) is 6.07 Å². The largest absolute Gasteiger partial charge is 0.361 e. The van der Waals surface area contributed by atoms with Crippen molar-refractivity contribution in [1.82, 2.24) is 9.80 Å². The fourth-order valence-electron chi connectivity index (χ4n) is 4.33. The maximum Gasteiger partial charge on any atom is 0.184 e. The second kappa shape index (κ2) is 9.54. The Kier molecular flexibility index (Phi) is 7.11. The van der Waals surface area contributed by atoms with Gasteiger partial charge in [-0.1, -0.05) is 63.3 Å². The number of likely N-dealkylation sites (tertiary alicyclic amines) is 1. The molecule has 0 bridgehead atoms. The standard InChI is InChI=1S/C23H35N3O/c1-4-26(23(27)24-22-13-9-8-12-21(22)18(2)3)20-14-15-25(17-20)16-19-10-6-5-7-11-19/h5-10,12-13,18-20,23-24,27H,4,11,14-17H2,1-3H3. The summed E-state index contributed by atoms with van der Waals surface area (Å²) in [6, 6.07) is 8.69. The van der Waals surface area contributed by atoms with E-state index in [0.717, 1.165) is 44.7 Å². The summed E-state index contributed by atoms with van der Waals surface area (Å²) in [5.74, 6) is 1.06. The van der Waals surface area contributed by atoms with Crippen LogP contribution in [-0.4, -0.2) is 53.5 Å². The Morgan fingerprint density at radius 3 is 2.78 bits per heavy atom. The van der Waals surface area contributed by atoms with E-state index >= 15 is 0 Å². The minimum absolute atomic E-state index is 0.395. The summed E-state index contributed by atoms with van der Waals surface area (Å²) in [5, 5.41) is 14.3. The van der Waals surface area contributed by atoms with Crippen LogP contribution in [0.3, 0.4) is 0 Å². The number of hydrogen-bond acceptors (Lipinski definition) is 4. The van der Waals surface area contributed by atoms with E-state index in [1.165, 1.54) is 5.56 Å². The van der Waals surface area contributed by atoms with Crippen LogP contribution >= 0.6 is 0 Å². The Labute approximate surface area is 164 Å². The molecule has 0 aromatic heterocycles. The first-order chi connectivity index (χ1) is 13.1. The molecule has 148 valence electrons.